The molecule has 1 aliphatic rings. The van der Waals surface area contributed by atoms with Gasteiger partial charge >= 0.3 is 0 Å². The van der Waals surface area contributed by atoms with Crippen LogP contribution in [0.1, 0.15) is 18.1 Å². The maximum Gasteiger partial charge on any atom is 0.231 e. The molecule has 1 N–H and O–H groups in total. The van der Waals surface area contributed by atoms with E-state index in [-0.39, 0.29) is 18.1 Å². The second kappa shape index (κ2) is 3.89. The molecule has 0 radical (unpaired) electrons. The van der Waals surface area contributed by atoms with Crippen LogP contribution in [0.3, 0.4) is 0 Å². The zero-order valence-electron chi connectivity index (χ0n) is 9.11. The molecule has 0 bridgehead atoms. The Kier molecular flexibility index (Phi) is 2.56. The molecule has 0 aromatic heterocycles. The Morgan fingerprint density at radius 1 is 1.44 bits per heavy atom. The van der Waals surface area contributed by atoms with Gasteiger partial charge in [-0.1, -0.05) is 6.07 Å². The van der Waals surface area contributed by atoms with Gasteiger partial charge in [0.25, 0.3) is 0 Å². The first-order chi connectivity index (χ1) is 7.63. The maximum atomic E-state index is 11.9. The fourth-order valence-corrected chi connectivity index (χ4v) is 1.63. The highest BCUT2D eigenvalue weighted by atomic mass is 16.5. The number of hydrogen-bond acceptors (Lipinski definition) is 4. The van der Waals surface area contributed by atoms with Gasteiger partial charge in [-0.2, -0.15) is 0 Å². The summed E-state index contributed by atoms with van der Waals surface area (Å²) in [5, 5.41) is 9.67. The molecule has 2 rings (SSSR count). The molecule has 0 atom stereocenters. The first-order valence-electron chi connectivity index (χ1n) is 4.87. The quantitative estimate of drug-likeness (QED) is 0.781. The first kappa shape index (κ1) is 10.5. The third kappa shape index (κ3) is 1.62. The molecule has 1 aromatic rings. The first-order valence-corrected chi connectivity index (χ1v) is 4.87. The summed E-state index contributed by atoms with van der Waals surface area (Å²) < 4.78 is 10.2. The molecule has 0 aliphatic carbocycles. The lowest BCUT2D eigenvalue weighted by Crippen LogP contribution is -2.12. The Labute approximate surface area is 92.8 Å². The van der Waals surface area contributed by atoms with Crippen LogP contribution >= 0.6 is 0 Å². The summed E-state index contributed by atoms with van der Waals surface area (Å²) in [6.45, 7) is 2.00. The average Bonchev–Trinajstić information content (AvgIpc) is 2.38. The molecular weight excluding hydrogens is 208 g/mol. The molecule has 0 amide bonds. The number of hydrogen-bond donors (Lipinski definition) is 1. The molecular formula is C12H12O4. The largest absolute Gasteiger partial charge is 0.502 e. The number of aromatic hydroxyl groups is 1. The van der Waals surface area contributed by atoms with E-state index >= 15 is 0 Å². The molecule has 0 spiro atoms. The van der Waals surface area contributed by atoms with Gasteiger partial charge in [0.2, 0.25) is 11.2 Å². The molecule has 1 aromatic carbocycles. The Balaban J connectivity index is 2.76. The van der Waals surface area contributed by atoms with Crippen LogP contribution in [0.2, 0.25) is 0 Å². The van der Waals surface area contributed by atoms with E-state index in [0.29, 0.717) is 5.56 Å². The van der Waals surface area contributed by atoms with Crippen molar-refractivity contribution < 1.29 is 14.6 Å². The van der Waals surface area contributed by atoms with Crippen molar-refractivity contribution in [1.82, 2.24) is 0 Å². The van der Waals surface area contributed by atoms with Gasteiger partial charge in [-0.25, -0.2) is 0 Å². The lowest BCUT2D eigenvalue weighted by atomic mass is 10.1. The molecule has 4 nitrogen and oxygen atoms in total. The molecule has 16 heavy (non-hydrogen) atoms. The van der Waals surface area contributed by atoms with Crippen molar-refractivity contribution in [3.05, 3.63) is 39.2 Å². The fourth-order valence-electron chi connectivity index (χ4n) is 1.63. The average molecular weight is 220 g/mol. The number of ether oxygens (including phenoxy) is 2. The SMILES string of the molecule is COc1ccc2c(c(=O)c1O)COC(C)=C2. The van der Waals surface area contributed by atoms with E-state index < -0.39 is 5.43 Å². The molecule has 0 unspecified atom stereocenters. The number of rotatable bonds is 1. The van der Waals surface area contributed by atoms with E-state index in [1.54, 1.807) is 18.2 Å². The van der Waals surface area contributed by atoms with Crippen LogP contribution in [0, 0.1) is 0 Å². The van der Waals surface area contributed by atoms with E-state index in [4.69, 9.17) is 9.47 Å². The number of fused-ring (bicyclic) bond motifs is 1. The summed E-state index contributed by atoms with van der Waals surface area (Å²) in [6, 6.07) is 3.31. The Hall–Kier alpha value is -1.97. The van der Waals surface area contributed by atoms with Gasteiger partial charge in [0.05, 0.1) is 12.9 Å². The second-order valence-electron chi connectivity index (χ2n) is 3.56. The van der Waals surface area contributed by atoms with Gasteiger partial charge in [-0.05, 0) is 24.6 Å². The summed E-state index contributed by atoms with van der Waals surface area (Å²) in [7, 11) is 1.41. The summed E-state index contributed by atoms with van der Waals surface area (Å²) in [6.07, 6.45) is 1.76. The predicted octanol–water partition coefficient (Wildman–Crippen LogP) is 1.65. The van der Waals surface area contributed by atoms with Crippen LogP contribution < -0.4 is 10.2 Å². The monoisotopic (exact) mass is 220 g/mol. The van der Waals surface area contributed by atoms with Crippen LogP contribution in [0.15, 0.2) is 22.7 Å². The van der Waals surface area contributed by atoms with Gasteiger partial charge in [0.1, 0.15) is 6.61 Å². The highest BCUT2D eigenvalue weighted by Crippen LogP contribution is 2.25. The van der Waals surface area contributed by atoms with Gasteiger partial charge in [-0.3, -0.25) is 4.79 Å². The Morgan fingerprint density at radius 3 is 2.88 bits per heavy atom. The smallest absolute Gasteiger partial charge is 0.231 e. The normalized spacial score (nSPS) is 13.5. The highest BCUT2D eigenvalue weighted by Gasteiger charge is 2.15. The summed E-state index contributed by atoms with van der Waals surface area (Å²) in [5.74, 6) is 0.544. The minimum atomic E-state index is -0.444. The summed E-state index contributed by atoms with van der Waals surface area (Å²) in [5.41, 5.74) is 0.763. The molecule has 1 aliphatic heterocycles. The van der Waals surface area contributed by atoms with Crippen molar-refractivity contribution in [3.63, 3.8) is 0 Å². The van der Waals surface area contributed by atoms with Crippen molar-refractivity contribution in [1.29, 1.82) is 0 Å². The zero-order chi connectivity index (χ0) is 11.7. The van der Waals surface area contributed by atoms with E-state index in [1.165, 1.54) is 7.11 Å². The van der Waals surface area contributed by atoms with Crippen molar-refractivity contribution in [3.8, 4) is 11.5 Å². The van der Waals surface area contributed by atoms with Crippen molar-refractivity contribution in [2.45, 2.75) is 13.5 Å². The van der Waals surface area contributed by atoms with Crippen molar-refractivity contribution in [2.24, 2.45) is 0 Å². The summed E-state index contributed by atoms with van der Waals surface area (Å²) >= 11 is 0. The van der Waals surface area contributed by atoms with Crippen LogP contribution in [0.4, 0.5) is 0 Å². The Morgan fingerprint density at radius 2 is 2.19 bits per heavy atom. The predicted molar refractivity (Wildman–Crippen MR) is 59.4 cm³/mol. The van der Waals surface area contributed by atoms with Crippen LogP contribution in [-0.2, 0) is 11.3 Å². The lowest BCUT2D eigenvalue weighted by molar-refractivity contribution is 0.198. The van der Waals surface area contributed by atoms with E-state index in [1.807, 2.05) is 6.92 Å². The zero-order valence-corrected chi connectivity index (χ0v) is 9.11. The van der Waals surface area contributed by atoms with E-state index in [2.05, 4.69) is 0 Å². The maximum absolute atomic E-state index is 11.9. The van der Waals surface area contributed by atoms with Gasteiger partial charge in [0.15, 0.2) is 5.75 Å². The van der Waals surface area contributed by atoms with E-state index in [0.717, 1.165) is 11.3 Å². The highest BCUT2D eigenvalue weighted by molar-refractivity contribution is 5.59. The lowest BCUT2D eigenvalue weighted by Gasteiger charge is -2.12. The van der Waals surface area contributed by atoms with Crippen LogP contribution in [-0.4, -0.2) is 12.2 Å². The van der Waals surface area contributed by atoms with Crippen LogP contribution in [0.5, 0.6) is 11.5 Å². The third-order valence-corrected chi connectivity index (χ3v) is 2.51. The Bertz CT molecular complexity index is 517. The summed E-state index contributed by atoms with van der Waals surface area (Å²) in [4.78, 5) is 11.9. The topological polar surface area (TPSA) is 55.8 Å². The molecule has 0 saturated carbocycles. The van der Waals surface area contributed by atoms with Crippen LogP contribution in [0.25, 0.3) is 6.08 Å². The van der Waals surface area contributed by atoms with Crippen molar-refractivity contribution >= 4 is 6.08 Å². The number of methoxy groups -OCH3 is 1. The molecule has 0 fully saturated rings. The minimum absolute atomic E-state index is 0.172. The van der Waals surface area contributed by atoms with Crippen molar-refractivity contribution in [2.75, 3.05) is 7.11 Å². The molecule has 1 heterocycles. The number of allylic oxidation sites excluding steroid dienone is 1. The standard InChI is InChI=1S/C12H12O4/c1-7-5-8-3-4-10(15-2)12(14)11(13)9(8)6-16-7/h3-5H,6H2,1-2H3,(H,13,14). The third-order valence-electron chi connectivity index (χ3n) is 2.51. The molecule has 4 heteroatoms. The van der Waals surface area contributed by atoms with Gasteiger partial charge < -0.3 is 14.6 Å². The molecule has 0 saturated heterocycles. The minimum Gasteiger partial charge on any atom is -0.502 e. The second-order valence-corrected chi connectivity index (χ2v) is 3.56. The van der Waals surface area contributed by atoms with E-state index in [9.17, 15) is 9.90 Å². The van der Waals surface area contributed by atoms with Gasteiger partial charge in [-0.15, -0.1) is 0 Å². The fraction of sp³-hybridized carbons (Fsp3) is 0.250. The molecule has 84 valence electrons. The van der Waals surface area contributed by atoms with Gasteiger partial charge in [0, 0.05) is 5.56 Å².